The molecule has 40 heavy (non-hydrogen) atoms. The van der Waals surface area contributed by atoms with Gasteiger partial charge in [0, 0.05) is 6.54 Å². The van der Waals surface area contributed by atoms with Crippen molar-refractivity contribution in [2.24, 2.45) is 11.8 Å². The number of nitrogens with zero attached hydrogens (tertiary/aromatic N) is 2. The summed E-state index contributed by atoms with van der Waals surface area (Å²) in [6, 6.07) is 12.6. The van der Waals surface area contributed by atoms with Crippen LogP contribution in [0.2, 0.25) is 0 Å². The Morgan fingerprint density at radius 2 is 1.73 bits per heavy atom. The lowest BCUT2D eigenvalue weighted by Crippen LogP contribution is -2.51. The normalized spacial score (nSPS) is 23.9. The summed E-state index contributed by atoms with van der Waals surface area (Å²) < 4.78 is 4.77. The van der Waals surface area contributed by atoms with E-state index in [-0.39, 0.29) is 17.9 Å². The van der Waals surface area contributed by atoms with Gasteiger partial charge in [-0.15, -0.1) is 0 Å². The molecule has 1 aromatic heterocycles. The van der Waals surface area contributed by atoms with Gasteiger partial charge in [-0.05, 0) is 89.7 Å². The van der Waals surface area contributed by atoms with Gasteiger partial charge in [-0.1, -0.05) is 57.2 Å². The van der Waals surface area contributed by atoms with Gasteiger partial charge in [0.2, 0.25) is 5.91 Å². The van der Waals surface area contributed by atoms with Gasteiger partial charge in [-0.2, -0.15) is 0 Å². The number of imidazole rings is 1. The number of aromatic amines is 1. The van der Waals surface area contributed by atoms with Crippen LogP contribution in [0.3, 0.4) is 0 Å². The van der Waals surface area contributed by atoms with Crippen LogP contribution in [0.1, 0.15) is 86.8 Å². The number of hydrogen-bond acceptors (Lipinski definition) is 4. The second kappa shape index (κ2) is 10.4. The number of rotatable bonds is 6. The molecular formula is C33H40N4O3. The molecule has 2 unspecified atom stereocenters. The number of amides is 2. The third kappa shape index (κ3) is 4.59. The zero-order valence-electron chi connectivity index (χ0n) is 24.2. The van der Waals surface area contributed by atoms with Gasteiger partial charge in [0.15, 0.2) is 0 Å². The maximum Gasteiger partial charge on any atom is 0.407 e. The van der Waals surface area contributed by atoms with E-state index in [1.54, 1.807) is 11.1 Å². The number of H-pyrrole nitrogens is 1. The fraction of sp³-hybridized carbons (Fsp3) is 0.485. The molecule has 2 heterocycles. The van der Waals surface area contributed by atoms with Crippen molar-refractivity contribution in [3.63, 3.8) is 0 Å². The smallest absolute Gasteiger partial charge is 0.407 e. The molecule has 1 aliphatic heterocycles. The van der Waals surface area contributed by atoms with E-state index >= 15 is 0 Å². The lowest BCUT2D eigenvalue weighted by molar-refractivity contribution is -0.135. The highest BCUT2D eigenvalue weighted by Crippen LogP contribution is 2.56. The van der Waals surface area contributed by atoms with Crippen molar-refractivity contribution in [2.45, 2.75) is 77.3 Å². The lowest BCUT2D eigenvalue weighted by Gasteiger charge is -2.30. The first kappa shape index (κ1) is 26.6. The quantitative estimate of drug-likeness (QED) is 0.364. The third-order valence-corrected chi connectivity index (χ3v) is 9.36. The number of aryl methyl sites for hydroxylation is 1. The van der Waals surface area contributed by atoms with E-state index in [1.165, 1.54) is 43.1 Å². The summed E-state index contributed by atoms with van der Waals surface area (Å²) in [4.78, 5) is 35.6. The number of nitrogens with one attached hydrogen (secondary N) is 2. The number of benzene rings is 2. The zero-order valence-corrected chi connectivity index (χ0v) is 24.2. The molecule has 2 N–H and O–H groups in total. The highest BCUT2D eigenvalue weighted by Gasteiger charge is 2.41. The van der Waals surface area contributed by atoms with E-state index in [0.29, 0.717) is 18.4 Å². The SMILES string of the molecule is COC(=O)N[C@H](C(=O)N1C[C@@H](C)C[C@H]1c1ncc(-c2ccc(-c3ccc(C)c4c3C3CCC4C3)cc2)[nH]1)C(C)C. The van der Waals surface area contributed by atoms with E-state index in [2.05, 4.69) is 60.5 Å². The molecule has 210 valence electrons. The molecule has 3 aromatic rings. The number of hydrogen-bond donors (Lipinski definition) is 2. The van der Waals surface area contributed by atoms with E-state index in [4.69, 9.17) is 9.72 Å². The Hall–Kier alpha value is -3.61. The van der Waals surface area contributed by atoms with Crippen LogP contribution >= 0.6 is 0 Å². The molecule has 2 aromatic carbocycles. The Bertz CT molecular complexity index is 1430. The largest absolute Gasteiger partial charge is 0.453 e. The number of ether oxygens (including phenoxy) is 1. The summed E-state index contributed by atoms with van der Waals surface area (Å²) in [5.74, 6) is 2.40. The minimum absolute atomic E-state index is 0.0706. The monoisotopic (exact) mass is 540 g/mol. The first-order valence-electron chi connectivity index (χ1n) is 14.7. The second-order valence-electron chi connectivity index (χ2n) is 12.4. The van der Waals surface area contributed by atoms with Gasteiger partial charge in [0.25, 0.3) is 0 Å². The number of likely N-dealkylation sites (tertiary alicyclic amines) is 1. The zero-order chi connectivity index (χ0) is 28.1. The maximum atomic E-state index is 13.6. The average Bonchev–Trinajstić information content (AvgIpc) is 3.75. The maximum absolute atomic E-state index is 13.6. The van der Waals surface area contributed by atoms with Crippen molar-refractivity contribution < 1.29 is 14.3 Å². The van der Waals surface area contributed by atoms with Crippen molar-refractivity contribution in [3.8, 4) is 22.4 Å². The van der Waals surface area contributed by atoms with Crippen LogP contribution in [0.25, 0.3) is 22.4 Å². The average molecular weight is 541 g/mol. The van der Waals surface area contributed by atoms with Crippen LogP contribution < -0.4 is 5.32 Å². The molecule has 1 saturated carbocycles. The van der Waals surface area contributed by atoms with Crippen LogP contribution in [0.15, 0.2) is 42.6 Å². The first-order chi connectivity index (χ1) is 19.2. The number of alkyl carbamates (subject to hydrolysis) is 1. The standard InChI is InChI=1S/C33H40N4O3/c1-18(2)30(36-33(39)40-5)32(38)37-17-19(3)14-27(37)31-34-16-26(35-31)22-9-7-21(8-10-22)25-13-6-20(4)28-23-11-12-24(15-23)29(25)28/h6-10,13,16,18-19,23-24,27,30H,11-12,14-15,17H2,1-5H3,(H,34,35)(H,36,39)/t19-,23?,24?,27-,30-/m0/s1. The molecule has 2 amide bonds. The third-order valence-electron chi connectivity index (χ3n) is 9.36. The Morgan fingerprint density at radius 3 is 2.42 bits per heavy atom. The summed E-state index contributed by atoms with van der Waals surface area (Å²) >= 11 is 0. The molecule has 7 heteroatoms. The number of methoxy groups -OCH3 is 1. The van der Waals surface area contributed by atoms with Crippen molar-refractivity contribution in [1.29, 1.82) is 0 Å². The summed E-state index contributed by atoms with van der Waals surface area (Å²) in [5, 5.41) is 2.72. The fourth-order valence-electron chi connectivity index (χ4n) is 7.39. The highest BCUT2D eigenvalue weighted by molar-refractivity contribution is 5.86. The highest BCUT2D eigenvalue weighted by atomic mass is 16.5. The van der Waals surface area contributed by atoms with Gasteiger partial charge < -0.3 is 19.9 Å². The molecular weight excluding hydrogens is 500 g/mol. The van der Waals surface area contributed by atoms with Crippen LogP contribution in [0.5, 0.6) is 0 Å². The van der Waals surface area contributed by atoms with Crippen LogP contribution in [0, 0.1) is 18.8 Å². The van der Waals surface area contributed by atoms with Gasteiger partial charge in [-0.25, -0.2) is 9.78 Å². The van der Waals surface area contributed by atoms with Gasteiger partial charge in [-0.3, -0.25) is 4.79 Å². The summed E-state index contributed by atoms with van der Waals surface area (Å²) in [7, 11) is 1.31. The number of carbonyl (C=O) groups is 2. The Morgan fingerprint density at radius 1 is 1.02 bits per heavy atom. The Balaban J connectivity index is 1.23. The topological polar surface area (TPSA) is 87.3 Å². The Labute approximate surface area is 236 Å². The molecule has 1 saturated heterocycles. The molecule has 2 bridgehead atoms. The van der Waals surface area contributed by atoms with Crippen molar-refractivity contribution in [3.05, 3.63) is 65.1 Å². The summed E-state index contributed by atoms with van der Waals surface area (Å²) in [6.07, 6.45) is 6.07. The van der Waals surface area contributed by atoms with Crippen LogP contribution in [0.4, 0.5) is 4.79 Å². The van der Waals surface area contributed by atoms with E-state index in [9.17, 15) is 9.59 Å². The molecule has 2 aliphatic carbocycles. The Kier molecular flexibility index (Phi) is 6.93. The molecule has 3 aliphatic rings. The molecule has 0 radical (unpaired) electrons. The fourth-order valence-corrected chi connectivity index (χ4v) is 7.39. The van der Waals surface area contributed by atoms with Crippen molar-refractivity contribution in [1.82, 2.24) is 20.2 Å². The predicted octanol–water partition coefficient (Wildman–Crippen LogP) is 6.71. The van der Waals surface area contributed by atoms with E-state index < -0.39 is 12.1 Å². The summed E-state index contributed by atoms with van der Waals surface area (Å²) in [5.41, 5.74) is 9.32. The molecule has 2 fully saturated rings. The number of carbonyl (C=O) groups excluding carboxylic acids is 2. The first-order valence-corrected chi connectivity index (χ1v) is 14.7. The van der Waals surface area contributed by atoms with E-state index in [0.717, 1.165) is 29.4 Å². The molecule has 7 nitrogen and oxygen atoms in total. The van der Waals surface area contributed by atoms with E-state index in [1.807, 2.05) is 24.9 Å². The second-order valence-corrected chi connectivity index (χ2v) is 12.4. The predicted molar refractivity (Wildman–Crippen MR) is 156 cm³/mol. The molecule has 5 atom stereocenters. The number of aromatic nitrogens is 2. The minimum Gasteiger partial charge on any atom is -0.453 e. The summed E-state index contributed by atoms with van der Waals surface area (Å²) in [6.45, 7) is 8.90. The van der Waals surface area contributed by atoms with Gasteiger partial charge in [0.1, 0.15) is 11.9 Å². The van der Waals surface area contributed by atoms with Gasteiger partial charge >= 0.3 is 6.09 Å². The van der Waals surface area contributed by atoms with Crippen molar-refractivity contribution >= 4 is 12.0 Å². The lowest BCUT2D eigenvalue weighted by atomic mass is 9.83. The van der Waals surface area contributed by atoms with Crippen LogP contribution in [-0.2, 0) is 9.53 Å². The van der Waals surface area contributed by atoms with Crippen molar-refractivity contribution in [2.75, 3.05) is 13.7 Å². The van der Waals surface area contributed by atoms with Gasteiger partial charge in [0.05, 0.1) is 25.0 Å². The molecule has 6 rings (SSSR count). The van der Waals surface area contributed by atoms with Crippen LogP contribution in [-0.4, -0.2) is 46.6 Å². The number of fused-ring (bicyclic) bond motifs is 5. The molecule has 0 spiro atoms. The minimum atomic E-state index is -0.652.